The standard InChI is InChI=1S/C15H9F2N3O/c16-10-5-6-13-11(7-10)14(15(21)19-13)20-18-8-9-3-1-2-4-12(9)17/h1-8H,(H,19,20,21)/b18-8+. The highest BCUT2D eigenvalue weighted by Gasteiger charge is 2.26. The van der Waals surface area contributed by atoms with Gasteiger partial charge in [-0.05, 0) is 24.3 Å². The number of carbonyl (C=O) groups excluding carboxylic acids is 1. The molecule has 0 radical (unpaired) electrons. The minimum Gasteiger partial charge on any atom is -0.320 e. The minimum atomic E-state index is -0.476. The first kappa shape index (κ1) is 13.1. The zero-order valence-corrected chi connectivity index (χ0v) is 10.7. The Morgan fingerprint density at radius 3 is 2.71 bits per heavy atom. The van der Waals surface area contributed by atoms with E-state index in [9.17, 15) is 13.6 Å². The van der Waals surface area contributed by atoms with Crippen molar-refractivity contribution in [2.45, 2.75) is 0 Å². The first-order valence-electron chi connectivity index (χ1n) is 6.12. The summed E-state index contributed by atoms with van der Waals surface area (Å²) in [5.74, 6) is -1.39. The van der Waals surface area contributed by atoms with Crippen molar-refractivity contribution in [1.29, 1.82) is 0 Å². The normalized spacial score (nSPS) is 15.5. The van der Waals surface area contributed by atoms with Crippen LogP contribution in [0.25, 0.3) is 0 Å². The Hall–Kier alpha value is -2.89. The van der Waals surface area contributed by atoms with Crippen LogP contribution in [-0.4, -0.2) is 17.8 Å². The van der Waals surface area contributed by atoms with Crippen LogP contribution in [0.1, 0.15) is 11.1 Å². The lowest BCUT2D eigenvalue weighted by molar-refractivity contribution is -0.110. The van der Waals surface area contributed by atoms with Crippen molar-refractivity contribution in [2.75, 3.05) is 5.32 Å². The lowest BCUT2D eigenvalue weighted by Crippen LogP contribution is -2.13. The lowest BCUT2D eigenvalue weighted by atomic mass is 10.1. The molecular weight excluding hydrogens is 276 g/mol. The number of anilines is 1. The summed E-state index contributed by atoms with van der Waals surface area (Å²) in [4.78, 5) is 11.7. The molecule has 0 aliphatic carbocycles. The fourth-order valence-corrected chi connectivity index (χ4v) is 1.95. The van der Waals surface area contributed by atoms with Crippen LogP contribution < -0.4 is 5.32 Å². The van der Waals surface area contributed by atoms with E-state index in [1.807, 2.05) is 0 Å². The predicted octanol–water partition coefficient (Wildman–Crippen LogP) is 2.74. The number of carbonyl (C=O) groups is 1. The fraction of sp³-hybridized carbons (Fsp3) is 0. The largest absolute Gasteiger partial charge is 0.320 e. The molecule has 0 saturated carbocycles. The highest BCUT2D eigenvalue weighted by Crippen LogP contribution is 2.24. The predicted molar refractivity (Wildman–Crippen MR) is 75.6 cm³/mol. The highest BCUT2D eigenvalue weighted by atomic mass is 19.1. The molecule has 2 aromatic rings. The molecule has 0 bridgehead atoms. The number of amides is 1. The quantitative estimate of drug-likeness (QED) is 0.669. The Morgan fingerprint density at radius 2 is 1.90 bits per heavy atom. The molecule has 21 heavy (non-hydrogen) atoms. The third-order valence-corrected chi connectivity index (χ3v) is 2.96. The summed E-state index contributed by atoms with van der Waals surface area (Å²) in [6, 6.07) is 9.93. The van der Waals surface area contributed by atoms with Gasteiger partial charge >= 0.3 is 0 Å². The smallest absolute Gasteiger partial charge is 0.276 e. The molecule has 1 amide bonds. The Kier molecular flexibility index (Phi) is 3.27. The molecule has 1 N–H and O–H groups in total. The van der Waals surface area contributed by atoms with Crippen molar-refractivity contribution in [3.8, 4) is 0 Å². The molecule has 1 aliphatic rings. The molecular formula is C15H9F2N3O. The number of fused-ring (bicyclic) bond motifs is 1. The van der Waals surface area contributed by atoms with E-state index in [1.54, 1.807) is 12.1 Å². The molecule has 0 spiro atoms. The van der Waals surface area contributed by atoms with Crippen molar-refractivity contribution in [1.82, 2.24) is 0 Å². The van der Waals surface area contributed by atoms with Crippen LogP contribution in [0.5, 0.6) is 0 Å². The molecule has 104 valence electrons. The molecule has 3 rings (SSSR count). The summed E-state index contributed by atoms with van der Waals surface area (Å²) >= 11 is 0. The van der Waals surface area contributed by atoms with Gasteiger partial charge in [-0.15, -0.1) is 5.10 Å². The van der Waals surface area contributed by atoms with Gasteiger partial charge < -0.3 is 5.32 Å². The van der Waals surface area contributed by atoms with Gasteiger partial charge in [-0.1, -0.05) is 18.2 Å². The SMILES string of the molecule is O=C1Nc2ccc(F)cc2/C1=N/N=C/c1ccccc1F. The van der Waals surface area contributed by atoms with E-state index in [0.717, 1.165) is 0 Å². The monoisotopic (exact) mass is 285 g/mol. The van der Waals surface area contributed by atoms with Crippen LogP contribution >= 0.6 is 0 Å². The maximum Gasteiger partial charge on any atom is 0.276 e. The van der Waals surface area contributed by atoms with E-state index < -0.39 is 17.5 Å². The van der Waals surface area contributed by atoms with E-state index >= 15 is 0 Å². The molecule has 0 saturated heterocycles. The van der Waals surface area contributed by atoms with E-state index in [1.165, 1.54) is 36.5 Å². The summed E-state index contributed by atoms with van der Waals surface area (Å²) < 4.78 is 26.6. The highest BCUT2D eigenvalue weighted by molar-refractivity contribution is 6.53. The number of rotatable bonds is 2. The molecule has 6 heteroatoms. The average molecular weight is 285 g/mol. The second-order valence-electron chi connectivity index (χ2n) is 4.36. The minimum absolute atomic E-state index is 0.00270. The third-order valence-electron chi connectivity index (χ3n) is 2.96. The lowest BCUT2D eigenvalue weighted by Gasteiger charge is -1.96. The molecule has 0 unspecified atom stereocenters. The van der Waals surface area contributed by atoms with Crippen molar-refractivity contribution >= 4 is 23.5 Å². The summed E-state index contributed by atoms with van der Waals surface area (Å²) in [6.45, 7) is 0. The Labute approximate surface area is 118 Å². The van der Waals surface area contributed by atoms with Gasteiger partial charge in [-0.25, -0.2) is 8.78 Å². The molecule has 1 aliphatic heterocycles. The fourth-order valence-electron chi connectivity index (χ4n) is 1.95. The van der Waals surface area contributed by atoms with Crippen LogP contribution in [0.15, 0.2) is 52.7 Å². The van der Waals surface area contributed by atoms with E-state index in [0.29, 0.717) is 11.3 Å². The van der Waals surface area contributed by atoms with Crippen LogP contribution in [0.3, 0.4) is 0 Å². The number of halogens is 2. The average Bonchev–Trinajstić information content (AvgIpc) is 2.77. The molecule has 0 aromatic heterocycles. The van der Waals surface area contributed by atoms with Gasteiger partial charge in [0.2, 0.25) is 0 Å². The van der Waals surface area contributed by atoms with Crippen molar-refractivity contribution in [2.24, 2.45) is 10.2 Å². The van der Waals surface area contributed by atoms with E-state index in [2.05, 4.69) is 15.5 Å². The van der Waals surface area contributed by atoms with Gasteiger partial charge in [0, 0.05) is 11.1 Å². The van der Waals surface area contributed by atoms with Gasteiger partial charge in [0.25, 0.3) is 5.91 Å². The van der Waals surface area contributed by atoms with Gasteiger partial charge in [0.05, 0.1) is 11.9 Å². The second kappa shape index (κ2) is 5.24. The van der Waals surface area contributed by atoms with Crippen molar-refractivity contribution in [3.05, 3.63) is 65.2 Å². The number of hydrogen-bond donors (Lipinski definition) is 1. The Balaban J connectivity index is 1.93. The van der Waals surface area contributed by atoms with Crippen LogP contribution in [-0.2, 0) is 4.79 Å². The summed E-state index contributed by atoms with van der Waals surface area (Å²) in [5, 5.41) is 10.0. The second-order valence-corrected chi connectivity index (χ2v) is 4.36. The number of hydrogen-bond acceptors (Lipinski definition) is 3. The topological polar surface area (TPSA) is 53.8 Å². The van der Waals surface area contributed by atoms with Crippen LogP contribution in [0.2, 0.25) is 0 Å². The zero-order chi connectivity index (χ0) is 14.8. The van der Waals surface area contributed by atoms with Gasteiger partial charge in [0.15, 0.2) is 5.71 Å². The van der Waals surface area contributed by atoms with Crippen molar-refractivity contribution < 1.29 is 13.6 Å². The van der Waals surface area contributed by atoms with Gasteiger partial charge in [0.1, 0.15) is 11.6 Å². The van der Waals surface area contributed by atoms with Gasteiger partial charge in [-0.3, -0.25) is 4.79 Å². The zero-order valence-electron chi connectivity index (χ0n) is 10.7. The maximum atomic E-state index is 13.4. The van der Waals surface area contributed by atoms with Crippen molar-refractivity contribution in [3.63, 3.8) is 0 Å². The number of nitrogens with zero attached hydrogens (tertiary/aromatic N) is 2. The van der Waals surface area contributed by atoms with Crippen LogP contribution in [0.4, 0.5) is 14.5 Å². The third kappa shape index (κ3) is 2.55. The maximum absolute atomic E-state index is 13.4. The first-order valence-corrected chi connectivity index (χ1v) is 6.12. The van der Waals surface area contributed by atoms with E-state index in [-0.39, 0.29) is 11.3 Å². The Morgan fingerprint density at radius 1 is 1.10 bits per heavy atom. The van der Waals surface area contributed by atoms with E-state index in [4.69, 9.17) is 0 Å². The molecule has 0 atom stereocenters. The molecule has 1 heterocycles. The summed E-state index contributed by atoms with van der Waals surface area (Å²) in [5.41, 5.74) is 1.06. The van der Waals surface area contributed by atoms with Gasteiger partial charge in [-0.2, -0.15) is 5.10 Å². The summed E-state index contributed by atoms with van der Waals surface area (Å²) in [6.07, 6.45) is 1.20. The molecule has 2 aromatic carbocycles. The number of nitrogens with one attached hydrogen (secondary N) is 1. The molecule has 0 fully saturated rings. The summed E-state index contributed by atoms with van der Waals surface area (Å²) in [7, 11) is 0. The van der Waals surface area contributed by atoms with Crippen LogP contribution in [0, 0.1) is 11.6 Å². The Bertz CT molecular complexity index is 784. The first-order chi connectivity index (χ1) is 10.1. The molecule has 4 nitrogen and oxygen atoms in total. The number of benzene rings is 2.